The summed E-state index contributed by atoms with van der Waals surface area (Å²) in [5.74, 6) is 0.450. The fraction of sp³-hybridized carbons (Fsp3) is 0.375. The Morgan fingerprint density at radius 2 is 2.21 bits per heavy atom. The number of urea groups is 1. The van der Waals surface area contributed by atoms with E-state index >= 15 is 0 Å². The van der Waals surface area contributed by atoms with E-state index in [1.54, 1.807) is 0 Å². The number of aromatic nitrogens is 2. The zero-order valence-corrected chi connectivity index (χ0v) is 8.91. The van der Waals surface area contributed by atoms with Crippen molar-refractivity contribution in [1.82, 2.24) is 15.3 Å². The Morgan fingerprint density at radius 1 is 1.43 bits per heavy atom. The van der Waals surface area contributed by atoms with Gasteiger partial charge in [0.05, 0.1) is 12.4 Å². The number of carbonyl (C=O) groups excluding carboxylic acids is 1. The van der Waals surface area contributed by atoms with Gasteiger partial charge in [-0.15, -0.1) is 0 Å². The minimum atomic E-state index is -0.218. The Kier molecular flexibility index (Phi) is 2.62. The van der Waals surface area contributed by atoms with Gasteiger partial charge in [0.2, 0.25) is 0 Å². The van der Waals surface area contributed by atoms with Crippen molar-refractivity contribution < 1.29 is 4.79 Å². The van der Waals surface area contributed by atoms with Gasteiger partial charge in [-0.2, -0.15) is 0 Å². The average molecular weight is 257 g/mol. The van der Waals surface area contributed by atoms with E-state index in [9.17, 15) is 4.79 Å². The lowest BCUT2D eigenvalue weighted by atomic mass is 10.6. The predicted molar refractivity (Wildman–Crippen MR) is 54.9 cm³/mol. The highest BCUT2D eigenvalue weighted by Crippen LogP contribution is 2.18. The van der Waals surface area contributed by atoms with E-state index in [2.05, 4.69) is 36.5 Å². The lowest BCUT2D eigenvalue weighted by molar-refractivity contribution is 0.251. The third kappa shape index (κ3) is 2.66. The third-order valence-electron chi connectivity index (χ3n) is 1.77. The lowest BCUT2D eigenvalue weighted by Crippen LogP contribution is -2.30. The summed E-state index contributed by atoms with van der Waals surface area (Å²) in [6, 6.07) is 0.127. The minimum absolute atomic E-state index is 0.218. The molecule has 74 valence electrons. The number of anilines is 1. The molecule has 1 aromatic heterocycles. The molecule has 1 aromatic rings. The average Bonchev–Trinajstić information content (AvgIpc) is 2.93. The molecular formula is C8H9BrN4O. The molecule has 1 aliphatic carbocycles. The quantitative estimate of drug-likeness (QED) is 0.844. The summed E-state index contributed by atoms with van der Waals surface area (Å²) in [7, 11) is 0. The van der Waals surface area contributed by atoms with E-state index in [0.29, 0.717) is 16.5 Å². The van der Waals surface area contributed by atoms with Crippen LogP contribution in [0.3, 0.4) is 0 Å². The molecule has 1 saturated carbocycles. The first kappa shape index (κ1) is 9.39. The van der Waals surface area contributed by atoms with Gasteiger partial charge in [-0.3, -0.25) is 5.32 Å². The first-order valence-electron chi connectivity index (χ1n) is 4.29. The maximum Gasteiger partial charge on any atom is 0.320 e. The Morgan fingerprint density at radius 3 is 2.79 bits per heavy atom. The molecule has 5 nitrogen and oxygen atoms in total. The molecule has 1 aliphatic rings. The minimum Gasteiger partial charge on any atom is -0.335 e. The number of carbonyl (C=O) groups is 1. The van der Waals surface area contributed by atoms with Gasteiger partial charge in [-0.1, -0.05) is 0 Å². The maximum atomic E-state index is 11.2. The highest BCUT2D eigenvalue weighted by molar-refractivity contribution is 9.10. The first-order valence-corrected chi connectivity index (χ1v) is 5.08. The van der Waals surface area contributed by atoms with Crippen LogP contribution < -0.4 is 10.6 Å². The van der Waals surface area contributed by atoms with Gasteiger partial charge in [-0.25, -0.2) is 14.8 Å². The van der Waals surface area contributed by atoms with E-state index in [1.165, 1.54) is 12.4 Å². The van der Waals surface area contributed by atoms with Crippen LogP contribution in [0.5, 0.6) is 0 Å². The molecule has 0 atom stereocenters. The molecule has 1 heterocycles. The van der Waals surface area contributed by atoms with Crippen molar-refractivity contribution in [2.24, 2.45) is 0 Å². The van der Waals surface area contributed by atoms with Crippen LogP contribution in [0.15, 0.2) is 17.0 Å². The van der Waals surface area contributed by atoms with Crippen molar-refractivity contribution >= 4 is 27.8 Å². The normalized spacial score (nSPS) is 14.9. The van der Waals surface area contributed by atoms with Gasteiger partial charge in [0.15, 0.2) is 5.82 Å². The molecular weight excluding hydrogens is 248 g/mol. The molecule has 1 fully saturated rings. The number of nitrogens with one attached hydrogen (secondary N) is 2. The first-order chi connectivity index (χ1) is 6.74. The highest BCUT2D eigenvalue weighted by atomic mass is 79.9. The summed E-state index contributed by atoms with van der Waals surface area (Å²) < 4.78 is 0.644. The second kappa shape index (κ2) is 3.91. The fourth-order valence-electron chi connectivity index (χ4n) is 0.942. The summed E-state index contributed by atoms with van der Waals surface area (Å²) in [5, 5.41) is 5.38. The van der Waals surface area contributed by atoms with Crippen molar-refractivity contribution in [3.63, 3.8) is 0 Å². The molecule has 0 bridgehead atoms. The van der Waals surface area contributed by atoms with Crippen LogP contribution >= 0.6 is 15.9 Å². The zero-order chi connectivity index (χ0) is 9.97. The molecule has 6 heteroatoms. The molecule has 0 aliphatic heterocycles. The van der Waals surface area contributed by atoms with Gasteiger partial charge in [-0.05, 0) is 28.8 Å². The van der Waals surface area contributed by atoms with Crippen LogP contribution in [0.2, 0.25) is 0 Å². The van der Waals surface area contributed by atoms with Gasteiger partial charge >= 0.3 is 6.03 Å². The number of halogens is 1. The van der Waals surface area contributed by atoms with Crippen LogP contribution in [0.1, 0.15) is 12.8 Å². The number of hydrogen-bond donors (Lipinski definition) is 2. The fourth-order valence-corrected chi connectivity index (χ4v) is 1.15. The molecule has 2 amide bonds. The topological polar surface area (TPSA) is 66.9 Å². The van der Waals surface area contributed by atoms with E-state index in [4.69, 9.17) is 0 Å². The number of hydrogen-bond acceptors (Lipinski definition) is 3. The second-order valence-electron chi connectivity index (χ2n) is 3.10. The Balaban J connectivity index is 1.89. The highest BCUT2D eigenvalue weighted by Gasteiger charge is 2.23. The maximum absolute atomic E-state index is 11.2. The Labute approximate surface area is 89.5 Å². The van der Waals surface area contributed by atoms with Gasteiger partial charge in [0, 0.05) is 6.04 Å². The van der Waals surface area contributed by atoms with Crippen LogP contribution in [-0.2, 0) is 0 Å². The van der Waals surface area contributed by atoms with Crippen LogP contribution in [0.4, 0.5) is 10.6 Å². The summed E-state index contributed by atoms with van der Waals surface area (Å²) >= 11 is 3.16. The van der Waals surface area contributed by atoms with Crippen LogP contribution in [0.25, 0.3) is 0 Å². The molecule has 2 N–H and O–H groups in total. The summed E-state index contributed by atoms with van der Waals surface area (Å²) in [6.45, 7) is 0. The molecule has 0 radical (unpaired) electrons. The molecule has 0 saturated heterocycles. The van der Waals surface area contributed by atoms with Crippen molar-refractivity contribution in [1.29, 1.82) is 0 Å². The Hall–Kier alpha value is -1.17. The standard InChI is InChI=1S/C8H9BrN4O/c9-6-3-11-7(4-10-6)13-8(14)12-5-1-2-5/h3-5H,1-2H2,(H2,11,12,13,14). The van der Waals surface area contributed by atoms with Gasteiger partial charge in [0.25, 0.3) is 0 Å². The van der Waals surface area contributed by atoms with E-state index < -0.39 is 0 Å². The SMILES string of the molecule is O=C(Nc1cnc(Br)cn1)NC1CC1. The summed E-state index contributed by atoms with van der Waals surface area (Å²) in [5.41, 5.74) is 0. The molecule has 0 spiro atoms. The van der Waals surface area contributed by atoms with Crippen molar-refractivity contribution in [2.45, 2.75) is 18.9 Å². The van der Waals surface area contributed by atoms with Gasteiger partial charge in [0.1, 0.15) is 4.60 Å². The van der Waals surface area contributed by atoms with Crippen molar-refractivity contribution in [3.8, 4) is 0 Å². The predicted octanol–water partition coefficient (Wildman–Crippen LogP) is 1.52. The number of rotatable bonds is 2. The van der Waals surface area contributed by atoms with E-state index in [0.717, 1.165) is 12.8 Å². The largest absolute Gasteiger partial charge is 0.335 e. The molecule has 0 aromatic carbocycles. The van der Waals surface area contributed by atoms with Crippen molar-refractivity contribution in [2.75, 3.05) is 5.32 Å². The number of amides is 2. The summed E-state index contributed by atoms with van der Waals surface area (Å²) in [6.07, 6.45) is 5.17. The smallest absolute Gasteiger partial charge is 0.320 e. The molecule has 2 rings (SSSR count). The van der Waals surface area contributed by atoms with E-state index in [1.807, 2.05) is 0 Å². The Bertz CT molecular complexity index is 336. The number of nitrogens with zero attached hydrogens (tertiary/aromatic N) is 2. The van der Waals surface area contributed by atoms with Crippen LogP contribution in [0, 0.1) is 0 Å². The van der Waals surface area contributed by atoms with Crippen LogP contribution in [-0.4, -0.2) is 22.0 Å². The van der Waals surface area contributed by atoms with E-state index in [-0.39, 0.29) is 6.03 Å². The van der Waals surface area contributed by atoms with Gasteiger partial charge < -0.3 is 5.32 Å². The lowest BCUT2D eigenvalue weighted by Gasteiger charge is -2.04. The third-order valence-corrected chi connectivity index (χ3v) is 2.18. The second-order valence-corrected chi connectivity index (χ2v) is 3.91. The molecule has 0 unspecified atom stereocenters. The summed E-state index contributed by atoms with van der Waals surface area (Å²) in [4.78, 5) is 19.1. The zero-order valence-electron chi connectivity index (χ0n) is 7.33. The monoisotopic (exact) mass is 256 g/mol. The van der Waals surface area contributed by atoms with Crippen molar-refractivity contribution in [3.05, 3.63) is 17.0 Å². The molecule has 14 heavy (non-hydrogen) atoms.